The van der Waals surface area contributed by atoms with Crippen molar-refractivity contribution < 1.29 is 18.0 Å². The third-order valence-electron chi connectivity index (χ3n) is 6.30. The Kier molecular flexibility index (Phi) is 8.41. The SMILES string of the molecule is CCN(CC)S(=O)(=O)c1ccc(Cl)c(C(=O)N2CCN(C(=O)NC3CCCCC3)CC2)c1. The third-order valence-corrected chi connectivity index (χ3v) is 8.67. The van der Waals surface area contributed by atoms with Gasteiger partial charge < -0.3 is 15.1 Å². The first-order valence-corrected chi connectivity index (χ1v) is 13.2. The summed E-state index contributed by atoms with van der Waals surface area (Å²) in [7, 11) is -3.70. The summed E-state index contributed by atoms with van der Waals surface area (Å²) < 4.78 is 27.0. The van der Waals surface area contributed by atoms with Crippen LogP contribution in [0.5, 0.6) is 0 Å². The number of halogens is 1. The Hall–Kier alpha value is -1.84. The minimum absolute atomic E-state index is 0.0550. The molecule has 0 atom stereocenters. The van der Waals surface area contributed by atoms with Crippen molar-refractivity contribution in [3.8, 4) is 0 Å². The molecule has 2 aliphatic rings. The van der Waals surface area contributed by atoms with Crippen molar-refractivity contribution in [2.75, 3.05) is 39.3 Å². The van der Waals surface area contributed by atoms with Gasteiger partial charge in [-0.25, -0.2) is 13.2 Å². The lowest BCUT2D eigenvalue weighted by molar-refractivity contribution is 0.0662. The highest BCUT2D eigenvalue weighted by Gasteiger charge is 2.29. The molecule has 0 unspecified atom stereocenters. The van der Waals surface area contributed by atoms with Gasteiger partial charge in [-0.1, -0.05) is 44.7 Å². The molecule has 0 aromatic heterocycles. The molecule has 1 saturated carbocycles. The molecular weight excluding hydrogens is 452 g/mol. The van der Waals surface area contributed by atoms with Crippen LogP contribution in [0.4, 0.5) is 4.79 Å². The third kappa shape index (κ3) is 5.55. The van der Waals surface area contributed by atoms with E-state index in [0.717, 1.165) is 25.7 Å². The van der Waals surface area contributed by atoms with Gasteiger partial charge in [0.1, 0.15) is 0 Å². The van der Waals surface area contributed by atoms with E-state index in [1.54, 1.807) is 23.6 Å². The van der Waals surface area contributed by atoms with Crippen molar-refractivity contribution in [2.24, 2.45) is 0 Å². The molecule has 2 fully saturated rings. The molecule has 1 aromatic carbocycles. The van der Waals surface area contributed by atoms with Gasteiger partial charge in [-0.05, 0) is 31.0 Å². The van der Waals surface area contributed by atoms with E-state index in [2.05, 4.69) is 5.32 Å². The Morgan fingerprint density at radius 3 is 2.22 bits per heavy atom. The quantitative estimate of drug-likeness (QED) is 0.671. The number of urea groups is 1. The molecule has 10 heteroatoms. The number of amides is 3. The molecule has 0 bridgehead atoms. The van der Waals surface area contributed by atoms with Crippen LogP contribution in [0.15, 0.2) is 23.1 Å². The zero-order valence-corrected chi connectivity index (χ0v) is 20.4. The molecule has 1 N–H and O–H groups in total. The van der Waals surface area contributed by atoms with Crippen molar-refractivity contribution in [3.05, 3.63) is 28.8 Å². The number of hydrogen-bond acceptors (Lipinski definition) is 4. The number of piperazine rings is 1. The first-order chi connectivity index (χ1) is 15.3. The summed E-state index contributed by atoms with van der Waals surface area (Å²) in [4.78, 5) is 29.1. The highest BCUT2D eigenvalue weighted by Crippen LogP contribution is 2.25. The normalized spacial score (nSPS) is 18.1. The first-order valence-electron chi connectivity index (χ1n) is 11.4. The molecule has 0 spiro atoms. The molecule has 1 aromatic rings. The van der Waals surface area contributed by atoms with Crippen molar-refractivity contribution in [1.29, 1.82) is 0 Å². The summed E-state index contributed by atoms with van der Waals surface area (Å²) in [5, 5.41) is 3.32. The number of carbonyl (C=O) groups is 2. The number of hydrogen-bond donors (Lipinski definition) is 1. The average Bonchev–Trinajstić information content (AvgIpc) is 2.80. The molecule has 1 heterocycles. The summed E-state index contributed by atoms with van der Waals surface area (Å²) in [5.41, 5.74) is 0.167. The molecule has 178 valence electrons. The number of sulfonamides is 1. The maximum Gasteiger partial charge on any atom is 0.317 e. The maximum absolute atomic E-state index is 13.1. The zero-order valence-electron chi connectivity index (χ0n) is 18.8. The van der Waals surface area contributed by atoms with Crippen molar-refractivity contribution in [2.45, 2.75) is 56.9 Å². The number of benzene rings is 1. The lowest BCUT2D eigenvalue weighted by Crippen LogP contribution is -2.54. The number of nitrogens with one attached hydrogen (secondary N) is 1. The fraction of sp³-hybridized carbons (Fsp3) is 0.636. The Labute approximate surface area is 195 Å². The van der Waals surface area contributed by atoms with Crippen LogP contribution < -0.4 is 5.32 Å². The molecular formula is C22H33ClN4O4S. The van der Waals surface area contributed by atoms with Crippen LogP contribution in [0.2, 0.25) is 5.02 Å². The topological polar surface area (TPSA) is 90.0 Å². The van der Waals surface area contributed by atoms with E-state index in [9.17, 15) is 18.0 Å². The number of carbonyl (C=O) groups excluding carboxylic acids is 2. The first kappa shape index (κ1) is 24.8. The molecule has 3 amide bonds. The van der Waals surface area contributed by atoms with E-state index in [0.29, 0.717) is 39.3 Å². The second kappa shape index (κ2) is 10.9. The summed E-state index contributed by atoms with van der Waals surface area (Å²) in [6, 6.07) is 4.42. The standard InChI is InChI=1S/C22H33ClN4O4S/c1-3-27(4-2)32(30,31)18-10-11-20(23)19(16-18)21(28)25-12-14-26(15-13-25)22(29)24-17-8-6-5-7-9-17/h10-11,16-17H,3-9,12-15H2,1-2H3,(H,24,29). The summed E-state index contributed by atoms with van der Waals surface area (Å²) in [6.45, 7) is 5.84. The highest BCUT2D eigenvalue weighted by molar-refractivity contribution is 7.89. The zero-order chi connectivity index (χ0) is 23.3. The van der Waals surface area contributed by atoms with Gasteiger partial charge in [0.05, 0.1) is 15.5 Å². The molecule has 1 saturated heterocycles. The van der Waals surface area contributed by atoms with Crippen molar-refractivity contribution in [3.63, 3.8) is 0 Å². The molecule has 1 aliphatic carbocycles. The molecule has 1 aliphatic heterocycles. The number of rotatable bonds is 6. The van der Waals surface area contributed by atoms with E-state index in [1.165, 1.54) is 28.9 Å². The number of nitrogens with zero attached hydrogens (tertiary/aromatic N) is 3. The lowest BCUT2D eigenvalue weighted by atomic mass is 9.96. The van der Waals surface area contributed by atoms with E-state index in [4.69, 9.17) is 11.6 Å². The van der Waals surface area contributed by atoms with E-state index < -0.39 is 10.0 Å². The minimum atomic E-state index is -3.70. The molecule has 3 rings (SSSR count). The van der Waals surface area contributed by atoms with Crippen LogP contribution in [-0.2, 0) is 10.0 Å². The predicted octanol–water partition coefficient (Wildman–Crippen LogP) is 3.17. The second-order valence-electron chi connectivity index (χ2n) is 8.29. The van der Waals surface area contributed by atoms with Gasteiger partial charge in [0, 0.05) is 45.3 Å². The van der Waals surface area contributed by atoms with Gasteiger partial charge in [0.2, 0.25) is 10.0 Å². The summed E-state index contributed by atoms with van der Waals surface area (Å²) >= 11 is 6.26. The highest BCUT2D eigenvalue weighted by atomic mass is 35.5. The van der Waals surface area contributed by atoms with Gasteiger partial charge in [-0.2, -0.15) is 4.31 Å². The largest absolute Gasteiger partial charge is 0.335 e. The molecule has 8 nitrogen and oxygen atoms in total. The fourth-order valence-corrected chi connectivity index (χ4v) is 6.02. The summed E-state index contributed by atoms with van der Waals surface area (Å²) in [6.07, 6.45) is 5.58. The van der Waals surface area contributed by atoms with Crippen LogP contribution in [0.3, 0.4) is 0 Å². The van der Waals surface area contributed by atoms with Crippen molar-refractivity contribution in [1.82, 2.24) is 19.4 Å². The monoisotopic (exact) mass is 484 g/mol. The van der Waals surface area contributed by atoms with E-state index in [1.807, 2.05) is 0 Å². The Morgan fingerprint density at radius 1 is 1.03 bits per heavy atom. The van der Waals surface area contributed by atoms with Crippen LogP contribution in [0, 0.1) is 0 Å². The van der Waals surface area contributed by atoms with Crippen LogP contribution in [-0.4, -0.2) is 79.8 Å². The Balaban J connectivity index is 1.65. The van der Waals surface area contributed by atoms with Gasteiger partial charge in [0.15, 0.2) is 0 Å². The van der Waals surface area contributed by atoms with E-state index in [-0.39, 0.29) is 33.5 Å². The Bertz CT molecular complexity index is 922. The Morgan fingerprint density at radius 2 is 1.62 bits per heavy atom. The molecule has 0 radical (unpaired) electrons. The minimum Gasteiger partial charge on any atom is -0.335 e. The lowest BCUT2D eigenvalue weighted by Gasteiger charge is -2.36. The fourth-order valence-electron chi connectivity index (χ4n) is 4.34. The van der Waals surface area contributed by atoms with Crippen molar-refractivity contribution >= 4 is 33.6 Å². The van der Waals surface area contributed by atoms with Gasteiger partial charge in [-0.3, -0.25) is 4.79 Å². The smallest absolute Gasteiger partial charge is 0.317 e. The van der Waals surface area contributed by atoms with Crippen LogP contribution >= 0.6 is 11.6 Å². The van der Waals surface area contributed by atoms with E-state index >= 15 is 0 Å². The average molecular weight is 485 g/mol. The van der Waals surface area contributed by atoms with Crippen LogP contribution in [0.25, 0.3) is 0 Å². The summed E-state index contributed by atoms with van der Waals surface area (Å²) in [5.74, 6) is -0.320. The van der Waals surface area contributed by atoms with Gasteiger partial charge >= 0.3 is 6.03 Å². The van der Waals surface area contributed by atoms with Crippen LogP contribution in [0.1, 0.15) is 56.3 Å². The maximum atomic E-state index is 13.1. The predicted molar refractivity (Wildman–Crippen MR) is 124 cm³/mol. The molecule has 32 heavy (non-hydrogen) atoms. The van der Waals surface area contributed by atoms with Gasteiger partial charge in [-0.15, -0.1) is 0 Å². The second-order valence-corrected chi connectivity index (χ2v) is 10.6. The van der Waals surface area contributed by atoms with Gasteiger partial charge in [0.25, 0.3) is 5.91 Å².